The molecule has 3 aromatic carbocycles. The van der Waals surface area contributed by atoms with Gasteiger partial charge in [0.25, 0.3) is 16.0 Å². The second kappa shape index (κ2) is 16.3. The number of anilines is 5. The lowest BCUT2D eigenvalue weighted by molar-refractivity contribution is 0.0887. The van der Waals surface area contributed by atoms with E-state index in [0.717, 1.165) is 63.3 Å². The number of Topliss-reactive ketones (excluding diaryl/α,β-unsaturated/α-hetero) is 2. The summed E-state index contributed by atoms with van der Waals surface area (Å²) in [4.78, 5) is 62.6. The van der Waals surface area contributed by atoms with Crippen molar-refractivity contribution < 1.29 is 27.4 Å². The first-order chi connectivity index (χ1) is 27.6. The fourth-order valence-electron chi connectivity index (χ4n) is 7.48. The van der Waals surface area contributed by atoms with Crippen LogP contribution in [0.4, 0.5) is 29.2 Å². The van der Waals surface area contributed by atoms with Crippen LogP contribution in [0.2, 0.25) is 0 Å². The summed E-state index contributed by atoms with van der Waals surface area (Å²) >= 11 is 0. The van der Waals surface area contributed by atoms with Crippen LogP contribution in [-0.2, 0) is 10.1 Å². The molecular weight excluding hydrogens is 749 g/mol. The van der Waals surface area contributed by atoms with E-state index in [0.29, 0.717) is 36.4 Å². The highest BCUT2D eigenvalue weighted by molar-refractivity contribution is 7.86. The third-order valence-electron chi connectivity index (χ3n) is 10.5. The van der Waals surface area contributed by atoms with Crippen LogP contribution in [0.1, 0.15) is 81.2 Å². The summed E-state index contributed by atoms with van der Waals surface area (Å²) in [6.07, 6.45) is 6.91. The number of piperidine rings is 2. The number of nitrogens with zero attached hydrogens (tertiary/aromatic N) is 6. The van der Waals surface area contributed by atoms with Crippen LogP contribution >= 0.6 is 0 Å². The topological polar surface area (TPSA) is 212 Å². The van der Waals surface area contributed by atoms with Gasteiger partial charge in [-0.1, -0.05) is 37.1 Å². The molecule has 5 N–H and O–H groups in total. The van der Waals surface area contributed by atoms with Crippen LogP contribution < -0.4 is 21.3 Å². The number of ketones is 2. The zero-order valence-electron chi connectivity index (χ0n) is 31.1. The van der Waals surface area contributed by atoms with E-state index in [2.05, 4.69) is 51.0 Å². The number of carbonyl (C=O) groups excluding carboxylic acids is 3. The molecule has 0 radical (unpaired) electrons. The Hall–Kier alpha value is -5.88. The second-order valence-corrected chi connectivity index (χ2v) is 15.8. The first-order valence-electron chi connectivity index (χ1n) is 19.1. The number of hydrogen-bond acceptors (Lipinski definition) is 14. The Morgan fingerprint density at radius 1 is 0.702 bits per heavy atom. The van der Waals surface area contributed by atoms with Gasteiger partial charge < -0.3 is 21.3 Å². The zero-order valence-corrected chi connectivity index (χ0v) is 31.9. The molecule has 1 atom stereocenters. The summed E-state index contributed by atoms with van der Waals surface area (Å²) in [5.74, 6) is -2.05. The van der Waals surface area contributed by atoms with Crippen molar-refractivity contribution in [3.05, 3.63) is 95.2 Å². The summed E-state index contributed by atoms with van der Waals surface area (Å²) in [6.45, 7) is 4.98. The van der Waals surface area contributed by atoms with Crippen molar-refractivity contribution in [2.45, 2.75) is 49.3 Å². The maximum Gasteiger partial charge on any atom is 0.296 e. The van der Waals surface area contributed by atoms with E-state index in [1.54, 1.807) is 18.2 Å². The lowest BCUT2D eigenvalue weighted by atomic mass is 9.98. The van der Waals surface area contributed by atoms with Crippen molar-refractivity contribution in [2.24, 2.45) is 0 Å². The number of likely N-dealkylation sites (tertiary alicyclic amines) is 2. The van der Waals surface area contributed by atoms with Crippen LogP contribution in [0.3, 0.4) is 0 Å². The van der Waals surface area contributed by atoms with Gasteiger partial charge in [-0.2, -0.15) is 23.4 Å². The number of rotatable bonds is 12. The molecule has 2 aliphatic heterocycles. The van der Waals surface area contributed by atoms with Gasteiger partial charge in [0, 0.05) is 27.8 Å². The molecule has 2 saturated heterocycles. The van der Waals surface area contributed by atoms with Gasteiger partial charge in [0.15, 0.2) is 11.6 Å². The number of amides is 1. The molecule has 16 nitrogen and oxygen atoms in total. The third-order valence-corrected chi connectivity index (χ3v) is 11.4. The lowest BCUT2D eigenvalue weighted by Gasteiger charge is -2.27. The highest BCUT2D eigenvalue weighted by Crippen LogP contribution is 2.35. The maximum atomic E-state index is 13.6. The van der Waals surface area contributed by atoms with Crippen molar-refractivity contribution in [1.82, 2.24) is 29.7 Å². The van der Waals surface area contributed by atoms with E-state index >= 15 is 0 Å². The van der Waals surface area contributed by atoms with E-state index in [4.69, 9.17) is 0 Å². The van der Waals surface area contributed by atoms with Gasteiger partial charge in [0.1, 0.15) is 10.8 Å². The molecule has 1 unspecified atom stereocenters. The minimum Gasteiger partial charge on any atom is -0.341 e. The fraction of sp³-hybridized carbons (Fsp3) is 0.325. The Morgan fingerprint density at radius 2 is 1.33 bits per heavy atom. The summed E-state index contributed by atoms with van der Waals surface area (Å²) in [6, 6.07) is 18.9. The predicted octanol–water partition coefficient (Wildman–Crippen LogP) is 5.54. The van der Waals surface area contributed by atoms with Crippen LogP contribution in [-0.4, -0.2) is 99.7 Å². The van der Waals surface area contributed by atoms with Gasteiger partial charge in [-0.3, -0.25) is 33.7 Å². The molecule has 1 amide bonds. The van der Waals surface area contributed by atoms with E-state index < -0.39 is 38.4 Å². The minimum atomic E-state index is -4.86. The average Bonchev–Trinajstić information content (AvgIpc) is 3.47. The van der Waals surface area contributed by atoms with Gasteiger partial charge in [-0.15, -0.1) is 0 Å². The van der Waals surface area contributed by atoms with E-state index in [-0.39, 0.29) is 34.0 Å². The molecule has 5 aromatic rings. The molecule has 8 rings (SSSR count). The SMILES string of the molecule is O=C(Nc1ccc(Nc2nc(NCN3CCCCC3)nc(NCN3CCCCC3)n2)cc1S(=O)(=O)O)c1ccc2c(c1)C(=O)C(c1ccc3ccccc3n1)C2=O. The molecule has 57 heavy (non-hydrogen) atoms. The molecule has 3 aliphatic rings. The molecule has 17 heteroatoms. The molecular formula is C40H42N10O6S. The molecule has 2 aromatic heterocycles. The Balaban J connectivity index is 1.00. The van der Waals surface area contributed by atoms with Crippen molar-refractivity contribution >= 4 is 67.7 Å². The summed E-state index contributed by atoms with van der Waals surface area (Å²) in [5, 5.41) is 13.0. The number of carbonyl (C=O) groups is 3. The summed E-state index contributed by atoms with van der Waals surface area (Å²) in [7, 11) is -4.86. The Bertz CT molecular complexity index is 2430. The standard InChI is InChI=1S/C40H42N10O6S/c51-35-28-14-11-26(21-29(28)36(52)34(35)32-15-12-25-9-3-4-10-30(25)44-32)37(53)45-31-16-13-27(22-33(31)57(54,55)56)43-40-47-38(41-23-49-17-5-1-6-18-49)46-39(48-40)42-24-50-19-7-2-8-20-50/h3-4,9-16,21-22,34H,1-2,5-8,17-20,23-24H2,(H,45,53)(H,54,55,56)(H3,41,42,43,46,47,48). The third kappa shape index (κ3) is 8.61. The van der Waals surface area contributed by atoms with Gasteiger partial charge in [0.05, 0.1) is 30.2 Å². The quantitative estimate of drug-likeness (QED) is 0.0776. The lowest BCUT2D eigenvalue weighted by Crippen LogP contribution is -2.35. The zero-order chi connectivity index (χ0) is 39.5. The number of benzene rings is 3. The number of pyridine rings is 1. The maximum absolute atomic E-state index is 13.6. The minimum absolute atomic E-state index is 0.00450. The first-order valence-corrected chi connectivity index (χ1v) is 20.5. The van der Waals surface area contributed by atoms with E-state index in [1.807, 2.05) is 18.2 Å². The van der Waals surface area contributed by atoms with Crippen LogP contribution in [0, 0.1) is 0 Å². The number of aromatic nitrogens is 4. The normalized spacial score (nSPS) is 17.7. The van der Waals surface area contributed by atoms with Crippen LogP contribution in [0.25, 0.3) is 10.9 Å². The van der Waals surface area contributed by atoms with Crippen molar-refractivity contribution in [2.75, 3.05) is 60.8 Å². The molecule has 1 aliphatic carbocycles. The van der Waals surface area contributed by atoms with Gasteiger partial charge in [-0.05, 0) is 100 Å². The molecule has 0 spiro atoms. The molecule has 2 fully saturated rings. The molecule has 294 valence electrons. The molecule has 0 saturated carbocycles. The highest BCUT2D eigenvalue weighted by atomic mass is 32.2. The van der Waals surface area contributed by atoms with Crippen molar-refractivity contribution in [3.8, 4) is 0 Å². The first kappa shape index (κ1) is 38.0. The van der Waals surface area contributed by atoms with Crippen LogP contribution in [0.15, 0.2) is 77.7 Å². The molecule has 4 heterocycles. The van der Waals surface area contributed by atoms with E-state index in [9.17, 15) is 27.4 Å². The van der Waals surface area contributed by atoms with Gasteiger partial charge >= 0.3 is 0 Å². The van der Waals surface area contributed by atoms with E-state index in [1.165, 1.54) is 43.2 Å². The van der Waals surface area contributed by atoms with Gasteiger partial charge in [0.2, 0.25) is 17.8 Å². The number of fused-ring (bicyclic) bond motifs is 2. The smallest absolute Gasteiger partial charge is 0.296 e. The Morgan fingerprint density at radius 3 is 2.00 bits per heavy atom. The van der Waals surface area contributed by atoms with Gasteiger partial charge in [-0.25, -0.2) is 0 Å². The Labute approximate surface area is 329 Å². The second-order valence-electron chi connectivity index (χ2n) is 14.4. The highest BCUT2D eigenvalue weighted by Gasteiger charge is 2.41. The Kier molecular flexibility index (Phi) is 10.9. The fourth-order valence-corrected chi connectivity index (χ4v) is 8.15. The van der Waals surface area contributed by atoms with Crippen molar-refractivity contribution in [3.63, 3.8) is 0 Å². The average molecular weight is 791 g/mol. The summed E-state index contributed by atoms with van der Waals surface area (Å²) < 4.78 is 35.6. The van der Waals surface area contributed by atoms with Crippen molar-refractivity contribution in [1.29, 1.82) is 0 Å². The largest absolute Gasteiger partial charge is 0.341 e. The van der Waals surface area contributed by atoms with Crippen LogP contribution in [0.5, 0.6) is 0 Å². The number of para-hydroxylation sites is 1. The number of nitrogens with one attached hydrogen (secondary N) is 4. The number of hydrogen-bond donors (Lipinski definition) is 5. The summed E-state index contributed by atoms with van der Waals surface area (Å²) in [5.41, 5.74) is 1.19. The molecule has 0 bridgehead atoms. The predicted molar refractivity (Wildman–Crippen MR) is 215 cm³/mol. The monoisotopic (exact) mass is 790 g/mol.